The summed E-state index contributed by atoms with van der Waals surface area (Å²) in [5, 5.41) is 0. The number of nitrogens with zero attached hydrogens (tertiary/aromatic N) is 1. The zero-order chi connectivity index (χ0) is 13.8. The number of ether oxygens (including phenoxy) is 2. The highest BCUT2D eigenvalue weighted by molar-refractivity contribution is 5.49. The first-order valence-electron chi connectivity index (χ1n) is 7.66. The molecular formula is C16H24N2O2. The Labute approximate surface area is 120 Å². The minimum Gasteiger partial charge on any atom is -0.490 e. The van der Waals surface area contributed by atoms with E-state index in [1.54, 1.807) is 0 Å². The molecule has 1 unspecified atom stereocenters. The molecule has 0 aliphatic carbocycles. The van der Waals surface area contributed by atoms with Crippen LogP contribution in [0.25, 0.3) is 0 Å². The van der Waals surface area contributed by atoms with Crippen LogP contribution in [0.2, 0.25) is 0 Å². The summed E-state index contributed by atoms with van der Waals surface area (Å²) in [6.45, 7) is 3.69. The van der Waals surface area contributed by atoms with Gasteiger partial charge in [0.25, 0.3) is 0 Å². The molecule has 2 fully saturated rings. The summed E-state index contributed by atoms with van der Waals surface area (Å²) in [4.78, 5) is 2.37. The van der Waals surface area contributed by atoms with E-state index in [4.69, 9.17) is 15.2 Å². The first kappa shape index (κ1) is 13.7. The van der Waals surface area contributed by atoms with Crippen LogP contribution in [0.5, 0.6) is 5.75 Å². The number of hydrogen-bond acceptors (Lipinski definition) is 4. The molecule has 1 aromatic rings. The third kappa shape index (κ3) is 3.44. The molecular weight excluding hydrogens is 252 g/mol. The van der Waals surface area contributed by atoms with Crippen molar-refractivity contribution in [1.82, 2.24) is 0 Å². The van der Waals surface area contributed by atoms with Gasteiger partial charge in [-0.3, -0.25) is 0 Å². The Balaban J connectivity index is 1.59. The molecule has 1 aromatic carbocycles. The summed E-state index contributed by atoms with van der Waals surface area (Å²) >= 11 is 0. The maximum atomic E-state index is 6.04. The van der Waals surface area contributed by atoms with E-state index in [-0.39, 0.29) is 0 Å². The molecule has 0 radical (unpaired) electrons. The predicted octanol–water partition coefficient (Wildman–Crippen LogP) is 2.17. The molecule has 2 N–H and O–H groups in total. The summed E-state index contributed by atoms with van der Waals surface area (Å²) in [7, 11) is 0. The van der Waals surface area contributed by atoms with Gasteiger partial charge in [-0.15, -0.1) is 0 Å². The normalized spacial score (nSPS) is 24.6. The smallest absolute Gasteiger partial charge is 0.119 e. The minimum atomic E-state index is 0.304. The SMILES string of the molecule is NC1CCCN(c2ccc(OC3CCOCC3)cc2)C1. The standard InChI is InChI=1S/C16H24N2O2/c17-13-2-1-9-18(12-13)14-3-5-15(6-4-14)20-16-7-10-19-11-8-16/h3-6,13,16H,1-2,7-12,17H2. The number of nitrogens with two attached hydrogens (primary N) is 1. The van der Waals surface area contributed by atoms with Crippen molar-refractivity contribution in [2.45, 2.75) is 37.8 Å². The molecule has 2 aliphatic rings. The molecule has 2 heterocycles. The molecule has 4 heteroatoms. The lowest BCUT2D eigenvalue weighted by Crippen LogP contribution is -2.42. The van der Waals surface area contributed by atoms with Crippen LogP contribution in [0.1, 0.15) is 25.7 Å². The first-order chi connectivity index (χ1) is 9.81. The molecule has 1 atom stereocenters. The van der Waals surface area contributed by atoms with Crippen molar-refractivity contribution >= 4 is 5.69 Å². The highest BCUT2D eigenvalue weighted by Crippen LogP contribution is 2.24. The van der Waals surface area contributed by atoms with Crippen LogP contribution in [0.4, 0.5) is 5.69 Å². The van der Waals surface area contributed by atoms with E-state index in [1.165, 1.54) is 12.1 Å². The molecule has 2 aliphatic heterocycles. The zero-order valence-electron chi connectivity index (χ0n) is 12.0. The number of anilines is 1. The second-order valence-corrected chi connectivity index (χ2v) is 5.77. The van der Waals surface area contributed by atoms with E-state index in [1.807, 2.05) is 0 Å². The Bertz CT molecular complexity index is 415. The van der Waals surface area contributed by atoms with Crippen LogP contribution in [0.3, 0.4) is 0 Å². The van der Waals surface area contributed by atoms with Crippen molar-refractivity contribution in [3.8, 4) is 5.75 Å². The van der Waals surface area contributed by atoms with E-state index in [9.17, 15) is 0 Å². The summed E-state index contributed by atoms with van der Waals surface area (Å²) in [5.41, 5.74) is 7.29. The van der Waals surface area contributed by atoms with Gasteiger partial charge in [-0.05, 0) is 37.1 Å². The van der Waals surface area contributed by atoms with Crippen LogP contribution in [0.15, 0.2) is 24.3 Å². The lowest BCUT2D eigenvalue weighted by molar-refractivity contribution is 0.0256. The quantitative estimate of drug-likeness (QED) is 0.919. The van der Waals surface area contributed by atoms with Crippen LogP contribution >= 0.6 is 0 Å². The Kier molecular flexibility index (Phi) is 4.43. The van der Waals surface area contributed by atoms with E-state index < -0.39 is 0 Å². The molecule has 20 heavy (non-hydrogen) atoms. The zero-order valence-corrected chi connectivity index (χ0v) is 12.0. The van der Waals surface area contributed by atoms with Gasteiger partial charge in [0.05, 0.1) is 13.2 Å². The summed E-state index contributed by atoms with van der Waals surface area (Å²) in [6, 6.07) is 8.75. The number of benzene rings is 1. The third-order valence-corrected chi connectivity index (χ3v) is 4.13. The summed E-state index contributed by atoms with van der Waals surface area (Å²) < 4.78 is 11.3. The largest absolute Gasteiger partial charge is 0.490 e. The molecule has 3 rings (SSSR count). The molecule has 0 bridgehead atoms. The van der Waals surface area contributed by atoms with Gasteiger partial charge in [-0.2, -0.15) is 0 Å². The van der Waals surface area contributed by atoms with Crippen molar-refractivity contribution in [2.75, 3.05) is 31.2 Å². The van der Waals surface area contributed by atoms with Gasteiger partial charge in [0.2, 0.25) is 0 Å². The molecule has 2 saturated heterocycles. The lowest BCUT2D eigenvalue weighted by Gasteiger charge is -2.32. The van der Waals surface area contributed by atoms with E-state index in [0.717, 1.165) is 51.3 Å². The van der Waals surface area contributed by atoms with E-state index in [2.05, 4.69) is 29.2 Å². The Morgan fingerprint density at radius 3 is 2.55 bits per heavy atom. The van der Waals surface area contributed by atoms with Crippen molar-refractivity contribution in [1.29, 1.82) is 0 Å². The molecule has 0 aromatic heterocycles. The second kappa shape index (κ2) is 6.46. The van der Waals surface area contributed by atoms with Gasteiger partial charge in [-0.1, -0.05) is 0 Å². The summed E-state index contributed by atoms with van der Waals surface area (Å²) in [6.07, 6.45) is 4.60. The minimum absolute atomic E-state index is 0.304. The van der Waals surface area contributed by atoms with Gasteiger partial charge < -0.3 is 20.1 Å². The average Bonchev–Trinajstić information content (AvgIpc) is 2.49. The fraction of sp³-hybridized carbons (Fsp3) is 0.625. The fourth-order valence-corrected chi connectivity index (χ4v) is 2.97. The Morgan fingerprint density at radius 1 is 1.10 bits per heavy atom. The van der Waals surface area contributed by atoms with Gasteiger partial charge in [0, 0.05) is 37.7 Å². The lowest BCUT2D eigenvalue weighted by atomic mass is 10.1. The fourth-order valence-electron chi connectivity index (χ4n) is 2.97. The van der Waals surface area contributed by atoms with Gasteiger partial charge in [-0.25, -0.2) is 0 Å². The maximum absolute atomic E-state index is 6.04. The first-order valence-corrected chi connectivity index (χ1v) is 7.66. The molecule has 0 amide bonds. The van der Waals surface area contributed by atoms with Crippen LogP contribution in [0, 0.1) is 0 Å². The molecule has 110 valence electrons. The Hall–Kier alpha value is -1.26. The number of hydrogen-bond donors (Lipinski definition) is 1. The van der Waals surface area contributed by atoms with Crippen molar-refractivity contribution in [2.24, 2.45) is 5.73 Å². The summed E-state index contributed by atoms with van der Waals surface area (Å²) in [5.74, 6) is 0.960. The molecule has 4 nitrogen and oxygen atoms in total. The average molecular weight is 276 g/mol. The van der Waals surface area contributed by atoms with Gasteiger partial charge >= 0.3 is 0 Å². The van der Waals surface area contributed by atoms with E-state index in [0.29, 0.717) is 12.1 Å². The van der Waals surface area contributed by atoms with Crippen molar-refractivity contribution in [3.05, 3.63) is 24.3 Å². The monoisotopic (exact) mass is 276 g/mol. The highest BCUT2D eigenvalue weighted by Gasteiger charge is 2.18. The number of rotatable bonds is 3. The van der Waals surface area contributed by atoms with Gasteiger partial charge in [0.1, 0.15) is 11.9 Å². The Morgan fingerprint density at radius 2 is 1.85 bits per heavy atom. The van der Waals surface area contributed by atoms with Crippen molar-refractivity contribution in [3.63, 3.8) is 0 Å². The van der Waals surface area contributed by atoms with E-state index >= 15 is 0 Å². The van der Waals surface area contributed by atoms with Gasteiger partial charge in [0.15, 0.2) is 0 Å². The van der Waals surface area contributed by atoms with Crippen LogP contribution < -0.4 is 15.4 Å². The van der Waals surface area contributed by atoms with Crippen LogP contribution in [-0.2, 0) is 4.74 Å². The highest BCUT2D eigenvalue weighted by atomic mass is 16.5. The number of piperidine rings is 1. The predicted molar refractivity (Wildman–Crippen MR) is 80.3 cm³/mol. The maximum Gasteiger partial charge on any atom is 0.119 e. The second-order valence-electron chi connectivity index (χ2n) is 5.77. The van der Waals surface area contributed by atoms with Crippen LogP contribution in [-0.4, -0.2) is 38.4 Å². The third-order valence-electron chi connectivity index (χ3n) is 4.13. The molecule has 0 spiro atoms. The topological polar surface area (TPSA) is 47.7 Å². The van der Waals surface area contributed by atoms with Crippen molar-refractivity contribution < 1.29 is 9.47 Å². The molecule has 0 saturated carbocycles.